The number of fused-ring (bicyclic) bond motifs is 1. The molecule has 1 aliphatic heterocycles. The van der Waals surface area contributed by atoms with E-state index in [2.05, 4.69) is 10.8 Å². The number of nitrogens with one attached hydrogen (secondary N) is 1. The molecule has 0 aromatic heterocycles. The number of methoxy groups -OCH3 is 1. The first-order valence-electron chi connectivity index (χ1n) is 8.60. The first-order chi connectivity index (χ1) is 12.9. The minimum absolute atomic E-state index is 0.0361. The summed E-state index contributed by atoms with van der Waals surface area (Å²) in [5.74, 6) is 0.152. The number of carbonyl (C=O) groups is 1. The molecular weight excluding hydrogens is 364 g/mol. The number of hydrogen-bond donors (Lipinski definition) is 1. The molecule has 0 unspecified atom stereocenters. The van der Waals surface area contributed by atoms with Gasteiger partial charge < -0.3 is 9.64 Å². The molecule has 0 spiro atoms. The van der Waals surface area contributed by atoms with E-state index in [4.69, 9.17) is 4.74 Å². The number of carbonyl (C=O) groups excluding carboxylic acids is 1. The van der Waals surface area contributed by atoms with E-state index in [-0.39, 0.29) is 16.6 Å². The van der Waals surface area contributed by atoms with Crippen molar-refractivity contribution >= 4 is 22.0 Å². The molecule has 0 fully saturated rings. The third-order valence-corrected chi connectivity index (χ3v) is 6.04. The second kappa shape index (κ2) is 7.94. The van der Waals surface area contributed by atoms with E-state index in [1.54, 1.807) is 23.1 Å². The number of rotatable bonds is 5. The molecule has 0 aliphatic carbocycles. The molecule has 6 nitrogen and oxygen atoms in total. The fraction of sp³-hybridized carbons (Fsp3) is 0.250. The Morgan fingerprint density at radius 1 is 1.19 bits per heavy atom. The van der Waals surface area contributed by atoms with Crippen molar-refractivity contribution in [1.29, 1.82) is 0 Å². The Labute approximate surface area is 159 Å². The van der Waals surface area contributed by atoms with Crippen molar-refractivity contribution in [3.05, 3.63) is 65.2 Å². The van der Waals surface area contributed by atoms with Crippen LogP contribution in [-0.4, -0.2) is 39.9 Å². The van der Waals surface area contributed by atoms with Crippen LogP contribution in [0.2, 0.25) is 0 Å². The molecule has 0 bridgehead atoms. The van der Waals surface area contributed by atoms with Gasteiger partial charge in [-0.3, -0.25) is 4.79 Å². The number of hydrogen-bond acceptors (Lipinski definition) is 4. The minimum Gasteiger partial charge on any atom is -0.495 e. The number of nitrogens with zero attached hydrogens (tertiary/aromatic N) is 1. The Balaban J connectivity index is 1.78. The molecular formula is C20H22N2O4S. The van der Waals surface area contributed by atoms with E-state index in [1.165, 1.54) is 31.9 Å². The summed E-state index contributed by atoms with van der Waals surface area (Å²) in [5.41, 5.74) is 3.05. The number of ether oxygens (including phenoxy) is 1. The lowest BCUT2D eigenvalue weighted by molar-refractivity contribution is -0.126. The molecule has 7 heteroatoms. The molecule has 0 saturated heterocycles. The molecule has 1 aliphatic rings. The van der Waals surface area contributed by atoms with Crippen LogP contribution in [0.25, 0.3) is 6.08 Å². The van der Waals surface area contributed by atoms with Gasteiger partial charge in [0, 0.05) is 19.2 Å². The predicted octanol–water partition coefficient (Wildman–Crippen LogP) is 2.20. The lowest BCUT2D eigenvalue weighted by atomic mass is 10.00. The third kappa shape index (κ3) is 4.20. The topological polar surface area (TPSA) is 75.7 Å². The molecule has 1 heterocycles. The summed E-state index contributed by atoms with van der Waals surface area (Å²) in [6.07, 6.45) is 3.94. The summed E-state index contributed by atoms with van der Waals surface area (Å²) in [7, 11) is -0.904. The molecule has 0 radical (unpaired) electrons. The Bertz CT molecular complexity index is 983. The zero-order valence-electron chi connectivity index (χ0n) is 15.3. The zero-order valence-corrected chi connectivity index (χ0v) is 16.1. The van der Waals surface area contributed by atoms with Crippen molar-refractivity contribution in [3.8, 4) is 5.75 Å². The normalized spacial score (nSPS) is 14.2. The van der Waals surface area contributed by atoms with E-state index in [0.29, 0.717) is 18.7 Å². The van der Waals surface area contributed by atoms with Crippen LogP contribution in [0, 0.1) is 0 Å². The lowest BCUT2D eigenvalue weighted by Gasteiger charge is -2.27. The summed E-state index contributed by atoms with van der Waals surface area (Å²) < 4.78 is 31.7. The van der Waals surface area contributed by atoms with E-state index >= 15 is 0 Å². The summed E-state index contributed by atoms with van der Waals surface area (Å²) in [5, 5.41) is 0. The van der Waals surface area contributed by atoms with Crippen molar-refractivity contribution in [2.45, 2.75) is 17.9 Å². The quantitative estimate of drug-likeness (QED) is 0.800. The maximum absolute atomic E-state index is 12.5. The van der Waals surface area contributed by atoms with Crippen molar-refractivity contribution in [1.82, 2.24) is 9.62 Å². The van der Waals surface area contributed by atoms with E-state index < -0.39 is 10.0 Å². The van der Waals surface area contributed by atoms with Crippen molar-refractivity contribution in [2.24, 2.45) is 0 Å². The Morgan fingerprint density at radius 2 is 1.93 bits per heavy atom. The van der Waals surface area contributed by atoms with Crippen LogP contribution in [-0.2, 0) is 27.8 Å². The summed E-state index contributed by atoms with van der Waals surface area (Å²) in [4.78, 5) is 14.3. The number of sulfonamides is 1. The Hall–Kier alpha value is -2.64. The summed E-state index contributed by atoms with van der Waals surface area (Å²) in [6.45, 7) is 1.25. The smallest absolute Gasteiger partial charge is 0.246 e. The Morgan fingerprint density at radius 3 is 2.63 bits per heavy atom. The third-order valence-electron chi connectivity index (χ3n) is 4.61. The number of benzene rings is 2. The van der Waals surface area contributed by atoms with Gasteiger partial charge in [-0.15, -0.1) is 0 Å². The highest BCUT2D eigenvalue weighted by Crippen LogP contribution is 2.25. The highest BCUT2D eigenvalue weighted by molar-refractivity contribution is 7.89. The van der Waals surface area contributed by atoms with Gasteiger partial charge >= 0.3 is 0 Å². The lowest BCUT2D eigenvalue weighted by Crippen LogP contribution is -2.34. The molecule has 142 valence electrons. The van der Waals surface area contributed by atoms with Crippen LogP contribution in [0.1, 0.15) is 16.7 Å². The maximum Gasteiger partial charge on any atom is 0.246 e. The zero-order chi connectivity index (χ0) is 19.4. The van der Waals surface area contributed by atoms with Crippen molar-refractivity contribution in [2.75, 3.05) is 20.7 Å². The molecule has 2 aromatic rings. The van der Waals surface area contributed by atoms with Crippen LogP contribution < -0.4 is 9.46 Å². The van der Waals surface area contributed by atoms with Gasteiger partial charge in [0.05, 0.1) is 7.11 Å². The van der Waals surface area contributed by atoms with Gasteiger partial charge in [0.25, 0.3) is 0 Å². The molecule has 27 heavy (non-hydrogen) atoms. The second-order valence-electron chi connectivity index (χ2n) is 6.23. The average Bonchev–Trinajstić information content (AvgIpc) is 2.71. The van der Waals surface area contributed by atoms with Gasteiger partial charge in [-0.05, 0) is 48.4 Å². The highest BCUT2D eigenvalue weighted by Gasteiger charge is 2.19. The Kier molecular flexibility index (Phi) is 5.62. The maximum atomic E-state index is 12.5. The van der Waals surface area contributed by atoms with Gasteiger partial charge in [0.15, 0.2) is 0 Å². The standard InChI is InChI=1S/C20H22N2O4S/c1-21-27(24,25)19-13-15(7-9-18(19)26-2)8-10-20(23)22-12-11-16-5-3-4-6-17(16)14-22/h3-10,13,21H,11-12,14H2,1-2H3/b10-8+. The number of amides is 1. The largest absolute Gasteiger partial charge is 0.495 e. The highest BCUT2D eigenvalue weighted by atomic mass is 32.2. The average molecular weight is 386 g/mol. The van der Waals surface area contributed by atoms with Gasteiger partial charge in [0.2, 0.25) is 15.9 Å². The van der Waals surface area contributed by atoms with Crippen LogP contribution in [0.15, 0.2) is 53.4 Å². The fourth-order valence-electron chi connectivity index (χ4n) is 3.07. The van der Waals surface area contributed by atoms with E-state index in [1.807, 2.05) is 18.2 Å². The van der Waals surface area contributed by atoms with Crippen molar-refractivity contribution < 1.29 is 17.9 Å². The van der Waals surface area contributed by atoms with Crippen molar-refractivity contribution in [3.63, 3.8) is 0 Å². The minimum atomic E-state index is -3.66. The van der Waals surface area contributed by atoms with E-state index in [9.17, 15) is 13.2 Å². The molecule has 1 N–H and O–H groups in total. The van der Waals surface area contributed by atoms with Gasteiger partial charge in [0.1, 0.15) is 10.6 Å². The summed E-state index contributed by atoms with van der Waals surface area (Å²) in [6, 6.07) is 12.9. The van der Waals surface area contributed by atoms with Gasteiger partial charge in [-0.1, -0.05) is 30.3 Å². The predicted molar refractivity (Wildman–Crippen MR) is 104 cm³/mol. The summed E-state index contributed by atoms with van der Waals surface area (Å²) >= 11 is 0. The van der Waals surface area contributed by atoms with Gasteiger partial charge in [-0.2, -0.15) is 0 Å². The SMILES string of the molecule is CNS(=O)(=O)c1cc(/C=C/C(=O)N2CCc3ccccc3C2)ccc1OC. The first kappa shape index (κ1) is 19.1. The van der Waals surface area contributed by atoms with Gasteiger partial charge in [-0.25, -0.2) is 13.1 Å². The molecule has 1 amide bonds. The van der Waals surface area contributed by atoms with Crippen LogP contribution >= 0.6 is 0 Å². The monoisotopic (exact) mass is 386 g/mol. The van der Waals surface area contributed by atoms with E-state index in [0.717, 1.165) is 12.0 Å². The fourth-order valence-corrected chi connectivity index (χ4v) is 4.00. The molecule has 3 rings (SSSR count). The molecule has 0 saturated carbocycles. The molecule has 0 atom stereocenters. The van der Waals surface area contributed by atoms with Crippen LogP contribution in [0.5, 0.6) is 5.75 Å². The molecule has 2 aromatic carbocycles. The van der Waals surface area contributed by atoms with Crippen LogP contribution in [0.4, 0.5) is 0 Å². The second-order valence-corrected chi connectivity index (χ2v) is 8.08. The van der Waals surface area contributed by atoms with Crippen LogP contribution in [0.3, 0.4) is 0 Å². The first-order valence-corrected chi connectivity index (χ1v) is 10.1.